The number of methoxy groups -OCH3 is 1. The van der Waals surface area contributed by atoms with Crippen LogP contribution in [0.15, 0.2) is 40.6 Å². The summed E-state index contributed by atoms with van der Waals surface area (Å²) in [5.74, 6) is 0.474. The monoisotopic (exact) mass is 298 g/mol. The van der Waals surface area contributed by atoms with E-state index < -0.39 is 10.0 Å². The fraction of sp³-hybridized carbons (Fsp3) is 0.167. The van der Waals surface area contributed by atoms with Crippen LogP contribution in [0.4, 0.5) is 5.69 Å². The van der Waals surface area contributed by atoms with Gasteiger partial charge < -0.3 is 10.5 Å². The molecule has 19 heavy (non-hydrogen) atoms. The molecule has 0 radical (unpaired) electrons. The third kappa shape index (κ3) is 3.06. The van der Waals surface area contributed by atoms with Gasteiger partial charge in [0.25, 0.3) is 10.0 Å². The molecule has 0 saturated heterocycles. The van der Waals surface area contributed by atoms with Crippen LogP contribution in [0.5, 0.6) is 5.75 Å². The highest BCUT2D eigenvalue weighted by Crippen LogP contribution is 2.28. The lowest BCUT2D eigenvalue weighted by atomic mass is 10.3. The maximum Gasteiger partial charge on any atom is 0.271 e. The zero-order valence-electron chi connectivity index (χ0n) is 10.3. The van der Waals surface area contributed by atoms with Gasteiger partial charge in [0.15, 0.2) is 0 Å². The van der Waals surface area contributed by atoms with Crippen LogP contribution in [-0.4, -0.2) is 15.5 Å². The second kappa shape index (κ2) is 5.60. The van der Waals surface area contributed by atoms with Gasteiger partial charge in [-0.25, -0.2) is 8.42 Å². The van der Waals surface area contributed by atoms with E-state index in [1.54, 1.807) is 36.4 Å². The van der Waals surface area contributed by atoms with Gasteiger partial charge in [0.1, 0.15) is 9.96 Å². The zero-order chi connectivity index (χ0) is 13.9. The fourth-order valence-corrected chi connectivity index (χ4v) is 3.84. The molecule has 0 aliphatic heterocycles. The van der Waals surface area contributed by atoms with Crippen molar-refractivity contribution in [3.05, 3.63) is 41.3 Å². The first-order valence-electron chi connectivity index (χ1n) is 5.51. The van der Waals surface area contributed by atoms with E-state index in [1.165, 1.54) is 7.11 Å². The fourth-order valence-electron chi connectivity index (χ4n) is 1.54. The SMILES string of the molecule is COc1ccccc1NS(=O)(=O)c1ccc(CN)s1. The van der Waals surface area contributed by atoms with Crippen molar-refractivity contribution in [3.63, 3.8) is 0 Å². The van der Waals surface area contributed by atoms with Crippen molar-refractivity contribution in [2.24, 2.45) is 5.73 Å². The van der Waals surface area contributed by atoms with Gasteiger partial charge in [-0.1, -0.05) is 12.1 Å². The van der Waals surface area contributed by atoms with Crippen LogP contribution >= 0.6 is 11.3 Å². The Balaban J connectivity index is 2.31. The molecular weight excluding hydrogens is 284 g/mol. The molecule has 2 aromatic rings. The summed E-state index contributed by atoms with van der Waals surface area (Å²) in [6.45, 7) is 0.328. The van der Waals surface area contributed by atoms with E-state index >= 15 is 0 Å². The highest BCUT2D eigenvalue weighted by atomic mass is 32.2. The van der Waals surface area contributed by atoms with Crippen molar-refractivity contribution in [1.29, 1.82) is 0 Å². The highest BCUT2D eigenvalue weighted by Gasteiger charge is 2.18. The first-order valence-corrected chi connectivity index (χ1v) is 7.81. The topological polar surface area (TPSA) is 81.4 Å². The average molecular weight is 298 g/mol. The van der Waals surface area contributed by atoms with Gasteiger partial charge in [-0.05, 0) is 24.3 Å². The summed E-state index contributed by atoms with van der Waals surface area (Å²) in [5.41, 5.74) is 5.89. The predicted octanol–water partition coefficient (Wildman–Crippen LogP) is 2.02. The van der Waals surface area contributed by atoms with E-state index in [0.717, 1.165) is 16.2 Å². The molecule has 0 fully saturated rings. The third-order valence-corrected chi connectivity index (χ3v) is 5.42. The minimum absolute atomic E-state index is 0.235. The molecule has 0 aliphatic rings. The standard InChI is InChI=1S/C12H14N2O3S2/c1-17-11-5-3-2-4-10(11)14-19(15,16)12-7-6-9(8-13)18-12/h2-7,14H,8,13H2,1H3. The van der Waals surface area contributed by atoms with Gasteiger partial charge in [0.05, 0.1) is 12.8 Å². The molecule has 102 valence electrons. The van der Waals surface area contributed by atoms with Gasteiger partial charge in [0, 0.05) is 11.4 Å². The van der Waals surface area contributed by atoms with Crippen LogP contribution in [-0.2, 0) is 16.6 Å². The molecule has 2 rings (SSSR count). The molecule has 5 nitrogen and oxygen atoms in total. The molecule has 0 atom stereocenters. The van der Waals surface area contributed by atoms with E-state index in [9.17, 15) is 8.42 Å². The Hall–Kier alpha value is -1.57. The maximum atomic E-state index is 12.2. The van der Waals surface area contributed by atoms with Crippen LogP contribution in [0.2, 0.25) is 0 Å². The number of para-hydroxylation sites is 2. The molecule has 1 aromatic heterocycles. The predicted molar refractivity (Wildman–Crippen MR) is 76.0 cm³/mol. The van der Waals surface area contributed by atoms with Crippen molar-refractivity contribution in [2.45, 2.75) is 10.8 Å². The molecular formula is C12H14N2O3S2. The van der Waals surface area contributed by atoms with Gasteiger partial charge in [-0.2, -0.15) is 0 Å². The zero-order valence-corrected chi connectivity index (χ0v) is 11.9. The Morgan fingerprint density at radius 3 is 2.63 bits per heavy atom. The van der Waals surface area contributed by atoms with Crippen molar-refractivity contribution < 1.29 is 13.2 Å². The van der Waals surface area contributed by atoms with Gasteiger partial charge in [-0.3, -0.25) is 4.72 Å². The number of hydrogen-bond acceptors (Lipinski definition) is 5. The van der Waals surface area contributed by atoms with Crippen LogP contribution in [0.3, 0.4) is 0 Å². The van der Waals surface area contributed by atoms with E-state index in [4.69, 9.17) is 10.5 Å². The number of anilines is 1. The molecule has 1 aromatic carbocycles. The number of nitrogens with two attached hydrogens (primary N) is 1. The van der Waals surface area contributed by atoms with Crippen molar-refractivity contribution in [1.82, 2.24) is 0 Å². The lowest BCUT2D eigenvalue weighted by Crippen LogP contribution is -2.12. The smallest absolute Gasteiger partial charge is 0.271 e. The van der Waals surface area contributed by atoms with E-state index in [-0.39, 0.29) is 4.21 Å². The quantitative estimate of drug-likeness (QED) is 0.885. The molecule has 0 saturated carbocycles. The number of sulfonamides is 1. The van der Waals surface area contributed by atoms with Crippen LogP contribution < -0.4 is 15.2 Å². The lowest BCUT2D eigenvalue weighted by molar-refractivity contribution is 0.417. The number of thiophene rings is 1. The summed E-state index contributed by atoms with van der Waals surface area (Å²) in [5, 5.41) is 0. The summed E-state index contributed by atoms with van der Waals surface area (Å²) >= 11 is 1.16. The van der Waals surface area contributed by atoms with Crippen LogP contribution in [0.25, 0.3) is 0 Å². The molecule has 7 heteroatoms. The summed E-state index contributed by atoms with van der Waals surface area (Å²) in [6.07, 6.45) is 0. The van der Waals surface area contributed by atoms with Crippen molar-refractivity contribution >= 4 is 27.0 Å². The normalized spacial score (nSPS) is 11.3. The number of benzene rings is 1. The van der Waals surface area contributed by atoms with Gasteiger partial charge in [-0.15, -0.1) is 11.3 Å². The summed E-state index contributed by atoms with van der Waals surface area (Å²) in [4.78, 5) is 0.820. The molecule has 0 bridgehead atoms. The van der Waals surface area contributed by atoms with E-state index in [1.807, 2.05) is 0 Å². The Kier molecular flexibility index (Phi) is 4.08. The number of nitrogens with one attached hydrogen (secondary N) is 1. The first-order chi connectivity index (χ1) is 9.06. The van der Waals surface area contributed by atoms with Gasteiger partial charge >= 0.3 is 0 Å². The Morgan fingerprint density at radius 1 is 1.26 bits per heavy atom. The Bertz CT molecular complexity index is 665. The van der Waals surface area contributed by atoms with Crippen LogP contribution in [0, 0.1) is 0 Å². The van der Waals surface area contributed by atoms with E-state index in [0.29, 0.717) is 18.0 Å². The number of hydrogen-bond donors (Lipinski definition) is 2. The molecule has 0 amide bonds. The molecule has 1 heterocycles. The van der Waals surface area contributed by atoms with E-state index in [2.05, 4.69) is 4.72 Å². The molecule has 3 N–H and O–H groups in total. The van der Waals surface area contributed by atoms with Crippen LogP contribution in [0.1, 0.15) is 4.88 Å². The summed E-state index contributed by atoms with van der Waals surface area (Å²) < 4.78 is 32.3. The van der Waals surface area contributed by atoms with Crippen molar-refractivity contribution in [2.75, 3.05) is 11.8 Å². The molecule has 0 aliphatic carbocycles. The van der Waals surface area contributed by atoms with Crippen molar-refractivity contribution in [3.8, 4) is 5.75 Å². The average Bonchev–Trinajstić information content (AvgIpc) is 2.88. The highest BCUT2D eigenvalue weighted by molar-refractivity contribution is 7.94. The second-order valence-corrected chi connectivity index (χ2v) is 6.81. The number of rotatable bonds is 5. The Labute approximate surface area is 116 Å². The molecule has 0 unspecified atom stereocenters. The first kappa shape index (κ1) is 13.9. The minimum Gasteiger partial charge on any atom is -0.495 e. The van der Waals surface area contributed by atoms with Gasteiger partial charge in [0.2, 0.25) is 0 Å². The minimum atomic E-state index is -3.60. The Morgan fingerprint density at radius 2 is 2.00 bits per heavy atom. The lowest BCUT2D eigenvalue weighted by Gasteiger charge is -2.10. The number of ether oxygens (including phenoxy) is 1. The third-order valence-electron chi connectivity index (χ3n) is 2.45. The maximum absolute atomic E-state index is 12.2. The summed E-state index contributed by atoms with van der Waals surface area (Å²) in [7, 11) is -2.11. The second-order valence-electron chi connectivity index (χ2n) is 3.73. The largest absolute Gasteiger partial charge is 0.495 e. The molecule has 0 spiro atoms. The summed E-state index contributed by atoms with van der Waals surface area (Å²) in [6, 6.07) is 10.1.